The van der Waals surface area contributed by atoms with Crippen LogP contribution in [0.5, 0.6) is 0 Å². The van der Waals surface area contributed by atoms with Gasteiger partial charge in [0.2, 0.25) is 0 Å². The van der Waals surface area contributed by atoms with Gasteiger partial charge in [0.05, 0.1) is 0 Å². The predicted molar refractivity (Wildman–Crippen MR) is 56.1 cm³/mol. The number of anilines is 2. The first-order valence-electron chi connectivity index (χ1n) is 3.04. The summed E-state index contributed by atoms with van der Waals surface area (Å²) in [5.41, 5.74) is 7.12. The maximum atomic E-state index is 5.48. The van der Waals surface area contributed by atoms with Gasteiger partial charge in [-0.05, 0) is 24.3 Å². The van der Waals surface area contributed by atoms with Crippen LogP contribution in [0.4, 0.5) is 11.4 Å². The highest BCUT2D eigenvalue weighted by molar-refractivity contribution is 8.11. The van der Waals surface area contributed by atoms with Crippen LogP contribution < -0.4 is 11.1 Å². The van der Waals surface area contributed by atoms with E-state index >= 15 is 0 Å². The fraction of sp³-hybridized carbons (Fsp3) is 0. The monoisotopic (exact) mass is 184 g/mol. The van der Waals surface area contributed by atoms with E-state index in [1.54, 1.807) is 12.1 Å². The molecule has 0 amide bonds. The van der Waals surface area contributed by atoms with E-state index in [2.05, 4.69) is 17.9 Å². The third-order valence-corrected chi connectivity index (χ3v) is 1.38. The highest BCUT2D eigenvalue weighted by Crippen LogP contribution is 2.10. The molecule has 0 aliphatic carbocycles. The molecule has 0 saturated heterocycles. The summed E-state index contributed by atoms with van der Waals surface area (Å²) in [6.07, 6.45) is 0. The smallest absolute Gasteiger partial charge is 0.135 e. The Kier molecular flexibility index (Phi) is 2.73. The van der Waals surface area contributed by atoms with Crippen molar-refractivity contribution in [3.63, 3.8) is 0 Å². The Balaban J connectivity index is 2.74. The summed E-state index contributed by atoms with van der Waals surface area (Å²) in [6, 6.07) is 7.29. The molecule has 1 rings (SSSR count). The molecule has 0 aromatic heterocycles. The molecule has 0 radical (unpaired) electrons. The molecule has 1 aromatic carbocycles. The van der Waals surface area contributed by atoms with Gasteiger partial charge in [0, 0.05) is 11.4 Å². The molecular weight excluding hydrogens is 176 g/mol. The zero-order valence-corrected chi connectivity index (χ0v) is 7.45. The summed E-state index contributed by atoms with van der Waals surface area (Å²) in [5.74, 6) is 0. The third kappa shape index (κ3) is 2.78. The van der Waals surface area contributed by atoms with Crippen molar-refractivity contribution < 1.29 is 0 Å². The van der Waals surface area contributed by atoms with Crippen LogP contribution in [0.3, 0.4) is 0 Å². The van der Waals surface area contributed by atoms with Gasteiger partial charge in [-0.15, -0.1) is 12.6 Å². The average molecular weight is 184 g/mol. The summed E-state index contributed by atoms with van der Waals surface area (Å²) in [5, 5.41) is 2.87. The summed E-state index contributed by atoms with van der Waals surface area (Å²) in [7, 11) is 0. The number of hydrogen-bond donors (Lipinski definition) is 3. The van der Waals surface area contributed by atoms with Crippen LogP contribution >= 0.6 is 24.8 Å². The molecule has 0 heterocycles. The third-order valence-electron chi connectivity index (χ3n) is 1.16. The Morgan fingerprint density at radius 1 is 1.36 bits per heavy atom. The molecule has 0 unspecified atom stereocenters. The number of nitrogens with one attached hydrogen (secondary N) is 1. The fourth-order valence-electron chi connectivity index (χ4n) is 0.690. The Labute approximate surface area is 76.2 Å². The standard InChI is InChI=1S/C7H8N2S2/c8-5-1-3-6(4-2-5)9-7(10)11/h1-4H,8H2,(H2,9,10,11). The lowest BCUT2D eigenvalue weighted by atomic mass is 10.3. The molecule has 3 N–H and O–H groups in total. The molecule has 4 heteroatoms. The average Bonchev–Trinajstić information content (AvgIpc) is 1.93. The minimum Gasteiger partial charge on any atom is -0.399 e. The van der Waals surface area contributed by atoms with Crippen molar-refractivity contribution in [3.8, 4) is 0 Å². The highest BCUT2D eigenvalue weighted by atomic mass is 32.1. The summed E-state index contributed by atoms with van der Waals surface area (Å²) in [6.45, 7) is 0. The molecule has 1 aromatic rings. The van der Waals surface area contributed by atoms with Crippen LogP contribution in [0.2, 0.25) is 0 Å². The predicted octanol–water partition coefficient (Wildman–Crippen LogP) is 1.90. The van der Waals surface area contributed by atoms with E-state index in [0.29, 0.717) is 4.32 Å². The fourth-order valence-corrected chi connectivity index (χ4v) is 0.937. The van der Waals surface area contributed by atoms with Gasteiger partial charge in [-0.1, -0.05) is 12.2 Å². The SMILES string of the molecule is Nc1ccc(NC(=S)S)cc1. The number of nitrogens with two attached hydrogens (primary N) is 1. The van der Waals surface area contributed by atoms with E-state index in [9.17, 15) is 0 Å². The van der Waals surface area contributed by atoms with E-state index in [1.165, 1.54) is 0 Å². The Morgan fingerprint density at radius 3 is 2.36 bits per heavy atom. The quantitative estimate of drug-likeness (QED) is 0.354. The normalized spacial score (nSPS) is 9.18. The highest BCUT2D eigenvalue weighted by Gasteiger charge is 1.90. The van der Waals surface area contributed by atoms with Crippen LogP contribution in [0.15, 0.2) is 24.3 Å². The van der Waals surface area contributed by atoms with Crippen LogP contribution in [0.1, 0.15) is 0 Å². The van der Waals surface area contributed by atoms with Gasteiger partial charge in [0.25, 0.3) is 0 Å². The van der Waals surface area contributed by atoms with E-state index in [1.807, 2.05) is 12.1 Å². The number of benzene rings is 1. The zero-order chi connectivity index (χ0) is 8.27. The van der Waals surface area contributed by atoms with E-state index in [-0.39, 0.29) is 0 Å². The lowest BCUT2D eigenvalue weighted by molar-refractivity contribution is 1.65. The first-order valence-corrected chi connectivity index (χ1v) is 3.89. The number of thiol groups is 1. The van der Waals surface area contributed by atoms with Crippen molar-refractivity contribution in [2.75, 3.05) is 11.1 Å². The molecule has 0 bridgehead atoms. The molecule has 58 valence electrons. The van der Waals surface area contributed by atoms with Crippen LogP contribution in [-0.2, 0) is 0 Å². The maximum absolute atomic E-state index is 5.48. The van der Waals surface area contributed by atoms with E-state index in [4.69, 9.17) is 18.0 Å². The van der Waals surface area contributed by atoms with Gasteiger partial charge in [-0.25, -0.2) is 0 Å². The van der Waals surface area contributed by atoms with Crippen LogP contribution in [-0.4, -0.2) is 4.32 Å². The van der Waals surface area contributed by atoms with Crippen molar-refractivity contribution in [1.82, 2.24) is 0 Å². The van der Waals surface area contributed by atoms with E-state index < -0.39 is 0 Å². The molecule has 0 saturated carbocycles. The second-order valence-electron chi connectivity index (χ2n) is 2.05. The van der Waals surface area contributed by atoms with Gasteiger partial charge in [-0.3, -0.25) is 0 Å². The van der Waals surface area contributed by atoms with Crippen molar-refractivity contribution in [1.29, 1.82) is 0 Å². The molecule has 11 heavy (non-hydrogen) atoms. The van der Waals surface area contributed by atoms with Gasteiger partial charge >= 0.3 is 0 Å². The minimum absolute atomic E-state index is 0.453. The zero-order valence-electron chi connectivity index (χ0n) is 5.74. The molecule has 2 nitrogen and oxygen atoms in total. The van der Waals surface area contributed by atoms with Crippen molar-refractivity contribution in [3.05, 3.63) is 24.3 Å². The minimum atomic E-state index is 0.453. The lowest BCUT2D eigenvalue weighted by Crippen LogP contribution is -2.00. The Bertz CT molecular complexity index is 256. The first-order chi connectivity index (χ1) is 5.18. The Hall–Kier alpha value is -0.740. The van der Waals surface area contributed by atoms with E-state index in [0.717, 1.165) is 11.4 Å². The molecule has 0 atom stereocenters. The second kappa shape index (κ2) is 3.59. The molecule has 0 aliphatic rings. The molecular formula is C7H8N2S2. The maximum Gasteiger partial charge on any atom is 0.135 e. The van der Waals surface area contributed by atoms with Crippen molar-refractivity contribution >= 4 is 40.5 Å². The number of thiocarbonyl (C=S) groups is 1. The van der Waals surface area contributed by atoms with Gasteiger partial charge in [0.15, 0.2) is 0 Å². The number of rotatable bonds is 1. The van der Waals surface area contributed by atoms with Gasteiger partial charge < -0.3 is 11.1 Å². The van der Waals surface area contributed by atoms with Crippen LogP contribution in [0, 0.1) is 0 Å². The van der Waals surface area contributed by atoms with Gasteiger partial charge in [-0.2, -0.15) is 0 Å². The van der Waals surface area contributed by atoms with Gasteiger partial charge in [0.1, 0.15) is 4.32 Å². The largest absolute Gasteiger partial charge is 0.399 e. The Morgan fingerprint density at radius 2 is 1.91 bits per heavy atom. The number of nitrogen functional groups attached to an aromatic ring is 1. The summed E-state index contributed by atoms with van der Waals surface area (Å²) in [4.78, 5) is 0. The first kappa shape index (κ1) is 8.36. The summed E-state index contributed by atoms with van der Waals surface area (Å²) < 4.78 is 0.453. The lowest BCUT2D eigenvalue weighted by Gasteiger charge is -2.01. The van der Waals surface area contributed by atoms with Crippen molar-refractivity contribution in [2.45, 2.75) is 0 Å². The van der Waals surface area contributed by atoms with Crippen molar-refractivity contribution in [2.24, 2.45) is 0 Å². The molecule has 0 fully saturated rings. The second-order valence-corrected chi connectivity index (χ2v) is 3.21. The number of hydrogen-bond acceptors (Lipinski definition) is 2. The topological polar surface area (TPSA) is 38.0 Å². The van der Waals surface area contributed by atoms with Crippen LogP contribution in [0.25, 0.3) is 0 Å². The summed E-state index contributed by atoms with van der Waals surface area (Å²) >= 11 is 8.66. The molecule has 0 aliphatic heterocycles. The molecule has 0 spiro atoms.